The summed E-state index contributed by atoms with van der Waals surface area (Å²) in [6.07, 6.45) is 17.7. The molecular formula is C18H37NO3. The van der Waals surface area contributed by atoms with E-state index in [4.69, 9.17) is 5.11 Å². The Bertz CT molecular complexity index is 246. The fraction of sp³-hybridized carbons (Fsp3) is 1.00. The van der Waals surface area contributed by atoms with Gasteiger partial charge in [-0.15, -0.1) is 0 Å². The molecule has 0 aromatic carbocycles. The molecule has 0 aromatic rings. The highest BCUT2D eigenvalue weighted by atomic mass is 16.6. The molecule has 0 spiro atoms. The molecule has 0 amide bonds. The Balaban J connectivity index is 3.21. The molecule has 4 nitrogen and oxygen atoms in total. The van der Waals surface area contributed by atoms with Crippen LogP contribution >= 0.6 is 0 Å². The third-order valence-corrected chi connectivity index (χ3v) is 4.40. The van der Waals surface area contributed by atoms with Crippen LogP contribution in [0, 0.1) is 10.1 Å². The summed E-state index contributed by atoms with van der Waals surface area (Å²) < 4.78 is 0. The highest BCUT2D eigenvalue weighted by Gasteiger charge is 2.18. The van der Waals surface area contributed by atoms with Crippen LogP contribution in [0.1, 0.15) is 103 Å². The number of aliphatic hydroxyl groups is 1. The molecule has 0 rings (SSSR count). The molecule has 0 bridgehead atoms. The van der Waals surface area contributed by atoms with Crippen molar-refractivity contribution in [2.75, 3.05) is 6.61 Å². The van der Waals surface area contributed by atoms with Gasteiger partial charge in [-0.2, -0.15) is 0 Å². The predicted molar refractivity (Wildman–Crippen MR) is 92.8 cm³/mol. The van der Waals surface area contributed by atoms with Crippen molar-refractivity contribution < 1.29 is 10.0 Å². The lowest BCUT2D eigenvalue weighted by Crippen LogP contribution is -2.20. The van der Waals surface area contributed by atoms with Crippen molar-refractivity contribution in [2.24, 2.45) is 0 Å². The maximum Gasteiger partial charge on any atom is 0.215 e. The summed E-state index contributed by atoms with van der Waals surface area (Å²) in [5.41, 5.74) is 0. The number of hydrogen-bond donors (Lipinski definition) is 1. The first kappa shape index (κ1) is 21.4. The molecule has 1 atom stereocenters. The van der Waals surface area contributed by atoms with Gasteiger partial charge < -0.3 is 5.11 Å². The minimum Gasteiger partial charge on any atom is -0.396 e. The van der Waals surface area contributed by atoms with E-state index in [-0.39, 0.29) is 11.5 Å². The standard InChI is InChI=1S/C18H37NO3/c1-2-3-4-5-6-7-8-9-10-11-12-13-14-15-18(16-17-20)19(21)22/h18,20H,2-17H2,1H3. The Kier molecular flexibility index (Phi) is 16.2. The first-order chi connectivity index (χ1) is 10.7. The van der Waals surface area contributed by atoms with Gasteiger partial charge in [0.15, 0.2) is 0 Å². The summed E-state index contributed by atoms with van der Waals surface area (Å²) in [4.78, 5) is 10.5. The maximum absolute atomic E-state index is 10.7. The van der Waals surface area contributed by atoms with Gasteiger partial charge in [-0.1, -0.05) is 84.0 Å². The van der Waals surface area contributed by atoms with Crippen molar-refractivity contribution in [1.82, 2.24) is 0 Å². The lowest BCUT2D eigenvalue weighted by molar-refractivity contribution is -0.524. The van der Waals surface area contributed by atoms with E-state index < -0.39 is 6.04 Å². The van der Waals surface area contributed by atoms with E-state index >= 15 is 0 Å². The van der Waals surface area contributed by atoms with Crippen LogP contribution in [0.5, 0.6) is 0 Å². The number of unbranched alkanes of at least 4 members (excludes halogenated alkanes) is 12. The van der Waals surface area contributed by atoms with Gasteiger partial charge in [-0.3, -0.25) is 10.1 Å². The Labute approximate surface area is 136 Å². The number of aliphatic hydroxyl groups excluding tert-OH is 1. The third kappa shape index (κ3) is 14.3. The smallest absolute Gasteiger partial charge is 0.215 e. The molecule has 0 heterocycles. The van der Waals surface area contributed by atoms with E-state index in [2.05, 4.69) is 6.92 Å². The first-order valence-electron chi connectivity index (χ1n) is 9.46. The highest BCUT2D eigenvalue weighted by molar-refractivity contribution is 4.57. The second-order valence-electron chi connectivity index (χ2n) is 6.48. The van der Waals surface area contributed by atoms with Crippen molar-refractivity contribution in [3.05, 3.63) is 10.1 Å². The van der Waals surface area contributed by atoms with Crippen LogP contribution < -0.4 is 0 Å². The molecule has 0 saturated heterocycles. The minimum atomic E-state index is -0.544. The zero-order valence-corrected chi connectivity index (χ0v) is 14.6. The molecule has 4 heteroatoms. The average molecular weight is 315 g/mol. The van der Waals surface area contributed by atoms with E-state index in [0.717, 1.165) is 12.8 Å². The maximum atomic E-state index is 10.7. The Hall–Kier alpha value is -0.640. The molecule has 0 aliphatic carbocycles. The van der Waals surface area contributed by atoms with Crippen LogP contribution in [0.15, 0.2) is 0 Å². The van der Waals surface area contributed by atoms with Gasteiger partial charge in [-0.05, 0) is 6.42 Å². The molecular weight excluding hydrogens is 278 g/mol. The van der Waals surface area contributed by atoms with Gasteiger partial charge in [-0.25, -0.2) is 0 Å². The monoisotopic (exact) mass is 315 g/mol. The van der Waals surface area contributed by atoms with E-state index in [1.54, 1.807) is 0 Å². The zero-order chi connectivity index (χ0) is 16.5. The van der Waals surface area contributed by atoms with E-state index in [1.807, 2.05) is 0 Å². The highest BCUT2D eigenvalue weighted by Crippen LogP contribution is 2.14. The molecule has 0 saturated carbocycles. The van der Waals surface area contributed by atoms with Crippen LogP contribution in [0.4, 0.5) is 0 Å². The van der Waals surface area contributed by atoms with Crippen molar-refractivity contribution in [1.29, 1.82) is 0 Å². The van der Waals surface area contributed by atoms with Gasteiger partial charge >= 0.3 is 0 Å². The van der Waals surface area contributed by atoms with Crippen LogP contribution in [-0.4, -0.2) is 22.7 Å². The Morgan fingerprint density at radius 1 is 0.773 bits per heavy atom. The lowest BCUT2D eigenvalue weighted by atomic mass is 10.0. The molecule has 132 valence electrons. The van der Waals surface area contributed by atoms with Crippen molar-refractivity contribution >= 4 is 0 Å². The van der Waals surface area contributed by atoms with Gasteiger partial charge in [0.1, 0.15) is 0 Å². The van der Waals surface area contributed by atoms with E-state index in [9.17, 15) is 10.1 Å². The molecule has 0 radical (unpaired) electrons. The third-order valence-electron chi connectivity index (χ3n) is 4.40. The Morgan fingerprint density at radius 2 is 1.18 bits per heavy atom. The SMILES string of the molecule is CCCCCCCCCCCCCCCC(CCO)[N+](=O)[O-]. The minimum absolute atomic E-state index is 0.0793. The second-order valence-corrected chi connectivity index (χ2v) is 6.48. The number of nitro groups is 1. The zero-order valence-electron chi connectivity index (χ0n) is 14.6. The van der Waals surface area contributed by atoms with Crippen LogP contribution in [0.25, 0.3) is 0 Å². The fourth-order valence-corrected chi connectivity index (χ4v) is 2.90. The fourth-order valence-electron chi connectivity index (χ4n) is 2.90. The van der Waals surface area contributed by atoms with Gasteiger partial charge in [0, 0.05) is 24.4 Å². The van der Waals surface area contributed by atoms with Crippen LogP contribution in [-0.2, 0) is 0 Å². The lowest BCUT2D eigenvalue weighted by Gasteiger charge is -2.07. The second kappa shape index (κ2) is 16.7. The average Bonchev–Trinajstić information content (AvgIpc) is 2.50. The normalized spacial score (nSPS) is 12.5. The van der Waals surface area contributed by atoms with Gasteiger partial charge in [0.25, 0.3) is 0 Å². The quantitative estimate of drug-likeness (QED) is 0.219. The number of hydrogen-bond acceptors (Lipinski definition) is 3. The van der Waals surface area contributed by atoms with Crippen LogP contribution in [0.2, 0.25) is 0 Å². The summed E-state index contributed by atoms with van der Waals surface area (Å²) in [7, 11) is 0. The topological polar surface area (TPSA) is 63.4 Å². The number of rotatable bonds is 17. The van der Waals surface area contributed by atoms with Gasteiger partial charge in [0.2, 0.25) is 6.04 Å². The van der Waals surface area contributed by atoms with Crippen molar-refractivity contribution in [3.8, 4) is 0 Å². The van der Waals surface area contributed by atoms with E-state index in [0.29, 0.717) is 12.8 Å². The largest absolute Gasteiger partial charge is 0.396 e. The molecule has 0 aliphatic heterocycles. The molecule has 1 N–H and O–H groups in total. The molecule has 0 fully saturated rings. The summed E-state index contributed by atoms with van der Waals surface area (Å²) in [6, 6.07) is -0.544. The van der Waals surface area contributed by atoms with E-state index in [1.165, 1.54) is 70.6 Å². The molecule has 0 aliphatic rings. The summed E-state index contributed by atoms with van der Waals surface area (Å²) in [5.74, 6) is 0. The Morgan fingerprint density at radius 3 is 1.55 bits per heavy atom. The summed E-state index contributed by atoms with van der Waals surface area (Å²) in [5, 5.41) is 19.5. The predicted octanol–water partition coefficient (Wildman–Crippen LogP) is 5.50. The van der Waals surface area contributed by atoms with Gasteiger partial charge in [0.05, 0.1) is 0 Å². The molecule has 22 heavy (non-hydrogen) atoms. The first-order valence-corrected chi connectivity index (χ1v) is 9.46. The van der Waals surface area contributed by atoms with Crippen molar-refractivity contribution in [2.45, 2.75) is 109 Å². The number of nitrogens with zero attached hydrogens (tertiary/aromatic N) is 1. The summed E-state index contributed by atoms with van der Waals surface area (Å²) >= 11 is 0. The van der Waals surface area contributed by atoms with Crippen LogP contribution in [0.3, 0.4) is 0 Å². The van der Waals surface area contributed by atoms with Crippen molar-refractivity contribution in [3.63, 3.8) is 0 Å². The molecule has 0 aromatic heterocycles. The summed E-state index contributed by atoms with van der Waals surface area (Å²) in [6.45, 7) is 2.17. The molecule has 1 unspecified atom stereocenters.